The highest BCUT2D eigenvalue weighted by atomic mass is 79.9. The van der Waals surface area contributed by atoms with Gasteiger partial charge < -0.3 is 0 Å². The van der Waals surface area contributed by atoms with E-state index in [-0.39, 0.29) is 5.41 Å². The lowest BCUT2D eigenvalue weighted by atomic mass is 9.67. The van der Waals surface area contributed by atoms with E-state index < -0.39 is 0 Å². The molecule has 0 bridgehead atoms. The number of fused-ring (bicyclic) bond motifs is 5. The van der Waals surface area contributed by atoms with Crippen LogP contribution >= 0.6 is 27.7 Å². The third kappa shape index (κ3) is 2.68. The highest BCUT2D eigenvalue weighted by Gasteiger charge is 2.43. The maximum absolute atomic E-state index is 3.78. The molecule has 2 heteroatoms. The molecular formula is C29H25BrS. The van der Waals surface area contributed by atoms with Crippen LogP contribution in [0.4, 0.5) is 0 Å². The van der Waals surface area contributed by atoms with Crippen LogP contribution in [0, 0.1) is 12.3 Å². The Morgan fingerprint density at radius 2 is 1.52 bits per heavy atom. The van der Waals surface area contributed by atoms with Gasteiger partial charge in [0.25, 0.3) is 0 Å². The SMILES string of the molecule is CC1=Cc2c(C)c3c(cc2=C1C(C)(C)C1c2ccccc2-c2ccccc21)SC(Br)C=3. The van der Waals surface area contributed by atoms with Crippen molar-refractivity contribution in [3.8, 4) is 11.1 Å². The highest BCUT2D eigenvalue weighted by molar-refractivity contribution is 9.11. The molecule has 0 N–H and O–H groups in total. The van der Waals surface area contributed by atoms with Crippen molar-refractivity contribution in [2.24, 2.45) is 5.41 Å². The normalized spacial score (nSPS) is 18.9. The van der Waals surface area contributed by atoms with E-state index in [1.807, 2.05) is 11.8 Å². The van der Waals surface area contributed by atoms with E-state index in [9.17, 15) is 0 Å². The van der Waals surface area contributed by atoms with Crippen molar-refractivity contribution in [1.82, 2.24) is 0 Å². The molecule has 3 aromatic carbocycles. The second-order valence-electron chi connectivity index (χ2n) is 9.54. The number of hydrogen-bond acceptors (Lipinski definition) is 1. The monoisotopic (exact) mass is 484 g/mol. The summed E-state index contributed by atoms with van der Waals surface area (Å²) < 4.78 is 0.374. The van der Waals surface area contributed by atoms with Gasteiger partial charge in [0.05, 0.1) is 4.16 Å². The lowest BCUT2D eigenvalue weighted by Crippen LogP contribution is -2.29. The predicted octanol–water partition coefficient (Wildman–Crippen LogP) is 7.01. The van der Waals surface area contributed by atoms with Crippen molar-refractivity contribution in [1.29, 1.82) is 0 Å². The molecule has 0 fully saturated rings. The second kappa shape index (κ2) is 6.73. The minimum Gasteiger partial charge on any atom is -0.106 e. The molecule has 0 spiro atoms. The molecule has 1 aliphatic heterocycles. The summed E-state index contributed by atoms with van der Waals surface area (Å²) in [4.78, 5) is 1.40. The molecule has 0 amide bonds. The van der Waals surface area contributed by atoms with Crippen molar-refractivity contribution >= 4 is 45.4 Å². The quantitative estimate of drug-likeness (QED) is 0.352. The Hall–Kier alpha value is -2.03. The molecule has 0 saturated heterocycles. The Labute approximate surface area is 196 Å². The Balaban J connectivity index is 1.64. The third-order valence-electron chi connectivity index (χ3n) is 7.40. The number of hydrogen-bond donors (Lipinski definition) is 0. The van der Waals surface area contributed by atoms with E-state index in [4.69, 9.17) is 0 Å². The van der Waals surface area contributed by atoms with E-state index in [1.165, 1.54) is 59.9 Å². The van der Waals surface area contributed by atoms with Crippen LogP contribution in [0.2, 0.25) is 0 Å². The standard InChI is InChI=1S/C29H25BrS/c1-16-13-22-17(2)23-15-26(30)31-25(23)14-24(22)27(16)29(3,4)28-20-11-7-5-9-18(20)19-10-6-8-12-21(19)28/h5-15,26,28H,1-4H3. The van der Waals surface area contributed by atoms with Gasteiger partial charge in [-0.1, -0.05) is 90.5 Å². The van der Waals surface area contributed by atoms with Crippen molar-refractivity contribution in [2.75, 3.05) is 0 Å². The third-order valence-corrected chi connectivity index (χ3v) is 9.18. The van der Waals surface area contributed by atoms with Crippen molar-refractivity contribution < 1.29 is 0 Å². The summed E-state index contributed by atoms with van der Waals surface area (Å²) in [5.74, 6) is 0.348. The average Bonchev–Trinajstić information content (AvgIpc) is 3.39. The fourth-order valence-corrected chi connectivity index (χ4v) is 8.09. The largest absolute Gasteiger partial charge is 0.106 e. The van der Waals surface area contributed by atoms with E-state index in [0.29, 0.717) is 10.1 Å². The first-order valence-electron chi connectivity index (χ1n) is 11.0. The van der Waals surface area contributed by atoms with Gasteiger partial charge in [0.15, 0.2) is 0 Å². The van der Waals surface area contributed by atoms with E-state index in [2.05, 4.69) is 110 Å². The maximum Gasteiger partial charge on any atom is 0.0836 e. The van der Waals surface area contributed by atoms with Gasteiger partial charge in [0, 0.05) is 16.2 Å². The Morgan fingerprint density at radius 1 is 0.903 bits per heavy atom. The van der Waals surface area contributed by atoms with Crippen molar-refractivity contribution in [2.45, 2.75) is 42.7 Å². The van der Waals surface area contributed by atoms with Gasteiger partial charge in [-0.05, 0) is 74.9 Å². The van der Waals surface area contributed by atoms with Gasteiger partial charge in [-0.15, -0.1) is 11.8 Å². The highest BCUT2D eigenvalue weighted by Crippen LogP contribution is 2.57. The first-order chi connectivity index (χ1) is 14.9. The first kappa shape index (κ1) is 19.6. The van der Waals surface area contributed by atoms with Gasteiger partial charge in [0.1, 0.15) is 0 Å². The second-order valence-corrected chi connectivity index (χ2v) is 12.3. The molecule has 154 valence electrons. The fourth-order valence-electron chi connectivity index (χ4n) is 6.24. The summed E-state index contributed by atoms with van der Waals surface area (Å²) in [5, 5.41) is 2.84. The molecule has 3 aromatic rings. The topological polar surface area (TPSA) is 0 Å². The van der Waals surface area contributed by atoms with Gasteiger partial charge >= 0.3 is 0 Å². The predicted molar refractivity (Wildman–Crippen MR) is 138 cm³/mol. The molecule has 1 heterocycles. The van der Waals surface area contributed by atoms with Gasteiger partial charge in [-0.3, -0.25) is 0 Å². The van der Waals surface area contributed by atoms with Gasteiger partial charge in [0.2, 0.25) is 0 Å². The van der Waals surface area contributed by atoms with Crippen LogP contribution in [0.25, 0.3) is 28.9 Å². The van der Waals surface area contributed by atoms with E-state index in [1.54, 1.807) is 0 Å². The van der Waals surface area contributed by atoms with Gasteiger partial charge in [-0.2, -0.15) is 0 Å². The van der Waals surface area contributed by atoms with Crippen molar-refractivity contribution in [3.05, 3.63) is 92.9 Å². The van der Waals surface area contributed by atoms with E-state index >= 15 is 0 Å². The number of alkyl halides is 1. The summed E-state index contributed by atoms with van der Waals surface area (Å²) in [6.45, 7) is 9.50. The molecule has 0 nitrogen and oxygen atoms in total. The summed E-state index contributed by atoms with van der Waals surface area (Å²) in [5.41, 5.74) is 11.4. The Kier molecular flexibility index (Phi) is 4.27. The molecule has 2 aliphatic carbocycles. The lowest BCUT2D eigenvalue weighted by molar-refractivity contribution is 0.439. The number of benzene rings is 3. The summed E-state index contributed by atoms with van der Waals surface area (Å²) >= 11 is 5.70. The van der Waals surface area contributed by atoms with Crippen LogP contribution in [0.5, 0.6) is 0 Å². The van der Waals surface area contributed by atoms with Crippen LogP contribution in [0.3, 0.4) is 0 Å². The van der Waals surface area contributed by atoms with Crippen LogP contribution in [0.15, 0.2) is 65.1 Å². The zero-order valence-corrected chi connectivity index (χ0v) is 20.7. The van der Waals surface area contributed by atoms with Crippen molar-refractivity contribution in [3.63, 3.8) is 0 Å². The van der Waals surface area contributed by atoms with Crippen LogP contribution in [-0.4, -0.2) is 4.16 Å². The zero-order valence-electron chi connectivity index (χ0n) is 18.3. The first-order valence-corrected chi connectivity index (χ1v) is 12.8. The molecule has 3 aliphatic rings. The minimum absolute atomic E-state index is 0.0317. The molecule has 6 rings (SSSR count). The number of halogens is 1. The molecule has 0 aromatic heterocycles. The number of rotatable bonds is 2. The molecule has 1 unspecified atom stereocenters. The molecule has 0 radical (unpaired) electrons. The summed E-state index contributed by atoms with van der Waals surface area (Å²) in [7, 11) is 0. The Bertz CT molecular complexity index is 1380. The summed E-state index contributed by atoms with van der Waals surface area (Å²) in [6.07, 6.45) is 4.78. The molecule has 0 saturated carbocycles. The van der Waals surface area contributed by atoms with Gasteiger partial charge in [-0.25, -0.2) is 0 Å². The molecular weight excluding hydrogens is 460 g/mol. The maximum atomic E-state index is 3.78. The number of allylic oxidation sites excluding steroid dienone is 1. The molecule has 1 atom stereocenters. The van der Waals surface area contributed by atoms with Crippen LogP contribution in [0.1, 0.15) is 48.9 Å². The number of thioether (sulfide) groups is 1. The summed E-state index contributed by atoms with van der Waals surface area (Å²) in [6, 6.07) is 20.5. The molecule has 31 heavy (non-hydrogen) atoms. The lowest BCUT2D eigenvalue weighted by Gasteiger charge is -2.36. The zero-order chi connectivity index (χ0) is 21.5. The smallest absolute Gasteiger partial charge is 0.0836 e. The minimum atomic E-state index is -0.0317. The van der Waals surface area contributed by atoms with E-state index in [0.717, 1.165) is 0 Å². The Morgan fingerprint density at radius 3 is 2.16 bits per heavy atom. The van der Waals surface area contributed by atoms with Crippen LogP contribution < -0.4 is 10.4 Å². The average molecular weight is 485 g/mol. The van der Waals surface area contributed by atoms with Crippen LogP contribution in [-0.2, 0) is 0 Å². The fraction of sp³-hybridized carbons (Fsp3) is 0.241.